The minimum Gasteiger partial charge on any atom is -0.348 e. The predicted molar refractivity (Wildman–Crippen MR) is 107 cm³/mol. The minimum atomic E-state index is -0.452. The van der Waals surface area contributed by atoms with Crippen LogP contribution in [0.25, 0.3) is 10.2 Å². The van der Waals surface area contributed by atoms with Crippen molar-refractivity contribution in [3.05, 3.63) is 57.6 Å². The summed E-state index contributed by atoms with van der Waals surface area (Å²) >= 11 is 1.63. The van der Waals surface area contributed by atoms with Crippen LogP contribution in [0.2, 0.25) is 0 Å². The number of thiazole rings is 1. The number of carbonyl (C=O) groups excluding carboxylic acids is 1. The first-order valence-corrected chi connectivity index (χ1v) is 9.55. The zero-order chi connectivity index (χ0) is 19.0. The van der Waals surface area contributed by atoms with Crippen LogP contribution in [-0.2, 0) is 0 Å². The quantitative estimate of drug-likeness (QED) is 0.535. The normalized spacial score (nSPS) is 13.9. The fraction of sp³-hybridized carbons (Fsp3) is 0.263. The number of benzene rings is 2. The highest BCUT2D eigenvalue weighted by molar-refractivity contribution is 7.22. The number of nitro groups is 1. The summed E-state index contributed by atoms with van der Waals surface area (Å²) in [6.07, 6.45) is 2.40. The molecule has 1 aliphatic rings. The number of hydrogen-bond donors (Lipinski definition) is 1. The van der Waals surface area contributed by atoms with E-state index in [9.17, 15) is 14.9 Å². The van der Waals surface area contributed by atoms with Crippen LogP contribution in [0.15, 0.2) is 36.4 Å². The molecule has 0 spiro atoms. The number of amides is 1. The van der Waals surface area contributed by atoms with Crippen LogP contribution < -0.4 is 10.2 Å². The van der Waals surface area contributed by atoms with E-state index in [1.54, 1.807) is 18.3 Å². The van der Waals surface area contributed by atoms with E-state index in [0.717, 1.165) is 28.4 Å². The Bertz CT molecular complexity index is 1040. The van der Waals surface area contributed by atoms with Gasteiger partial charge in [0, 0.05) is 36.0 Å². The summed E-state index contributed by atoms with van der Waals surface area (Å²) in [5.41, 5.74) is 2.46. The van der Waals surface area contributed by atoms with Crippen molar-refractivity contribution in [2.75, 3.05) is 23.3 Å². The number of fused-ring (bicyclic) bond motifs is 1. The Morgan fingerprint density at radius 2 is 2.00 bits per heavy atom. The molecule has 1 aromatic heterocycles. The fourth-order valence-corrected chi connectivity index (χ4v) is 4.30. The zero-order valence-electron chi connectivity index (χ0n) is 14.8. The predicted octanol–water partition coefficient (Wildman–Crippen LogP) is 4.37. The molecule has 0 aliphatic carbocycles. The van der Waals surface area contributed by atoms with Crippen LogP contribution in [0, 0.1) is 17.0 Å². The number of carbonyl (C=O) groups is 1. The maximum absolute atomic E-state index is 12.5. The number of hydrogen-bond acceptors (Lipinski definition) is 6. The van der Waals surface area contributed by atoms with E-state index in [1.807, 2.05) is 18.2 Å². The van der Waals surface area contributed by atoms with E-state index in [1.165, 1.54) is 31.0 Å². The van der Waals surface area contributed by atoms with Crippen LogP contribution in [0.4, 0.5) is 16.5 Å². The first-order valence-electron chi connectivity index (χ1n) is 8.73. The molecule has 2 aromatic carbocycles. The second-order valence-electron chi connectivity index (χ2n) is 6.59. The highest BCUT2D eigenvalue weighted by atomic mass is 32.1. The van der Waals surface area contributed by atoms with Crippen LogP contribution in [0.5, 0.6) is 0 Å². The minimum absolute atomic E-state index is 0.00655. The fourth-order valence-electron chi connectivity index (χ4n) is 3.24. The van der Waals surface area contributed by atoms with E-state index in [2.05, 4.69) is 15.2 Å². The molecule has 1 aliphatic heterocycles. The molecule has 3 aromatic rings. The first-order chi connectivity index (χ1) is 13.0. The van der Waals surface area contributed by atoms with E-state index in [0.29, 0.717) is 16.8 Å². The van der Waals surface area contributed by atoms with Crippen LogP contribution >= 0.6 is 11.3 Å². The summed E-state index contributed by atoms with van der Waals surface area (Å²) in [4.78, 5) is 29.9. The Morgan fingerprint density at radius 1 is 1.22 bits per heavy atom. The number of aryl methyl sites for hydroxylation is 1. The smallest absolute Gasteiger partial charge is 0.272 e. The molecule has 1 fully saturated rings. The average molecular weight is 382 g/mol. The standard InChI is InChI=1S/C19H18N4O3S/c1-12-10-13(4-7-16(12)23(25)26)18(24)20-14-5-6-15-17(11-14)27-19(21-15)22-8-2-3-9-22/h4-7,10-11H,2-3,8-9H2,1H3,(H,20,24). The van der Waals surface area contributed by atoms with Gasteiger partial charge in [-0.2, -0.15) is 0 Å². The van der Waals surface area contributed by atoms with Gasteiger partial charge in [0.25, 0.3) is 11.6 Å². The van der Waals surface area contributed by atoms with Gasteiger partial charge in [-0.05, 0) is 50.1 Å². The van der Waals surface area contributed by atoms with Crippen molar-refractivity contribution >= 4 is 44.0 Å². The molecular weight excluding hydrogens is 364 g/mol. The van der Waals surface area contributed by atoms with Gasteiger partial charge < -0.3 is 10.2 Å². The molecule has 7 nitrogen and oxygen atoms in total. The van der Waals surface area contributed by atoms with Crippen molar-refractivity contribution in [3.8, 4) is 0 Å². The van der Waals surface area contributed by atoms with Crippen molar-refractivity contribution < 1.29 is 9.72 Å². The average Bonchev–Trinajstić information content (AvgIpc) is 3.30. The van der Waals surface area contributed by atoms with E-state index >= 15 is 0 Å². The molecule has 8 heteroatoms. The van der Waals surface area contributed by atoms with Crippen molar-refractivity contribution in [2.45, 2.75) is 19.8 Å². The molecule has 0 atom stereocenters. The van der Waals surface area contributed by atoms with Gasteiger partial charge >= 0.3 is 0 Å². The molecule has 0 radical (unpaired) electrons. The van der Waals surface area contributed by atoms with E-state index < -0.39 is 4.92 Å². The number of nitrogens with zero attached hydrogens (tertiary/aromatic N) is 3. The number of aromatic nitrogens is 1. The summed E-state index contributed by atoms with van der Waals surface area (Å²) in [5.74, 6) is -0.295. The number of rotatable bonds is 4. The molecule has 0 bridgehead atoms. The molecule has 1 saturated heterocycles. The highest BCUT2D eigenvalue weighted by Crippen LogP contribution is 2.32. The Hall–Kier alpha value is -3.00. The van der Waals surface area contributed by atoms with Gasteiger partial charge in [-0.15, -0.1) is 0 Å². The number of anilines is 2. The molecular formula is C19H18N4O3S. The topological polar surface area (TPSA) is 88.4 Å². The second kappa shape index (κ2) is 6.96. The molecule has 27 heavy (non-hydrogen) atoms. The Balaban J connectivity index is 1.54. The molecule has 0 unspecified atom stereocenters. The lowest BCUT2D eigenvalue weighted by Gasteiger charge is -2.11. The lowest BCUT2D eigenvalue weighted by Crippen LogP contribution is -2.16. The third-order valence-electron chi connectivity index (χ3n) is 4.67. The van der Waals surface area contributed by atoms with Gasteiger partial charge in [0.15, 0.2) is 5.13 Å². The molecule has 1 amide bonds. The Morgan fingerprint density at radius 3 is 2.70 bits per heavy atom. The summed E-state index contributed by atoms with van der Waals surface area (Å²) in [6.45, 7) is 3.71. The monoisotopic (exact) mass is 382 g/mol. The molecule has 1 N–H and O–H groups in total. The van der Waals surface area contributed by atoms with Crippen molar-refractivity contribution in [2.24, 2.45) is 0 Å². The number of nitro benzene ring substituents is 1. The van der Waals surface area contributed by atoms with Crippen LogP contribution in [-0.4, -0.2) is 28.9 Å². The van der Waals surface area contributed by atoms with Gasteiger partial charge in [0.05, 0.1) is 15.1 Å². The van der Waals surface area contributed by atoms with E-state index in [-0.39, 0.29) is 11.6 Å². The van der Waals surface area contributed by atoms with Crippen molar-refractivity contribution in [3.63, 3.8) is 0 Å². The largest absolute Gasteiger partial charge is 0.348 e. The third kappa shape index (κ3) is 3.48. The maximum Gasteiger partial charge on any atom is 0.272 e. The Kier molecular flexibility index (Phi) is 4.49. The van der Waals surface area contributed by atoms with Crippen LogP contribution in [0.3, 0.4) is 0 Å². The van der Waals surface area contributed by atoms with Crippen molar-refractivity contribution in [1.29, 1.82) is 0 Å². The van der Waals surface area contributed by atoms with Gasteiger partial charge in [0.1, 0.15) is 0 Å². The summed E-state index contributed by atoms with van der Waals surface area (Å²) in [6, 6.07) is 10.0. The van der Waals surface area contributed by atoms with Gasteiger partial charge in [-0.25, -0.2) is 4.98 Å². The Labute approximate surface area is 159 Å². The highest BCUT2D eigenvalue weighted by Gasteiger charge is 2.17. The SMILES string of the molecule is Cc1cc(C(=O)Nc2ccc3nc(N4CCCC4)sc3c2)ccc1[N+](=O)[O-]. The number of nitrogens with one attached hydrogen (secondary N) is 1. The second-order valence-corrected chi connectivity index (χ2v) is 7.59. The lowest BCUT2D eigenvalue weighted by molar-refractivity contribution is -0.385. The van der Waals surface area contributed by atoms with E-state index in [4.69, 9.17) is 0 Å². The third-order valence-corrected chi connectivity index (χ3v) is 5.75. The lowest BCUT2D eigenvalue weighted by atomic mass is 10.1. The molecule has 0 saturated carbocycles. The van der Waals surface area contributed by atoms with Gasteiger partial charge in [-0.3, -0.25) is 14.9 Å². The zero-order valence-corrected chi connectivity index (χ0v) is 15.6. The molecule has 2 heterocycles. The van der Waals surface area contributed by atoms with Crippen molar-refractivity contribution in [1.82, 2.24) is 4.98 Å². The first kappa shape index (κ1) is 17.4. The molecule has 138 valence electrons. The van der Waals surface area contributed by atoms with Crippen LogP contribution in [0.1, 0.15) is 28.8 Å². The summed E-state index contributed by atoms with van der Waals surface area (Å²) in [7, 11) is 0. The summed E-state index contributed by atoms with van der Waals surface area (Å²) < 4.78 is 1.02. The van der Waals surface area contributed by atoms with Gasteiger partial charge in [0.2, 0.25) is 0 Å². The maximum atomic E-state index is 12.5. The molecule has 4 rings (SSSR count). The van der Waals surface area contributed by atoms with Gasteiger partial charge in [-0.1, -0.05) is 11.3 Å². The summed E-state index contributed by atoms with van der Waals surface area (Å²) in [5, 5.41) is 14.8.